The first kappa shape index (κ1) is 17.9. The number of hydrogen-bond donors (Lipinski definition) is 1. The fourth-order valence-corrected chi connectivity index (χ4v) is 3.07. The van der Waals surface area contributed by atoms with Crippen LogP contribution in [0, 0.1) is 0 Å². The third-order valence-electron chi connectivity index (χ3n) is 4.56. The van der Waals surface area contributed by atoms with Crippen molar-refractivity contribution >= 4 is 11.4 Å². The lowest BCUT2D eigenvalue weighted by Crippen LogP contribution is -2.11. The van der Waals surface area contributed by atoms with Gasteiger partial charge in [-0.3, -0.25) is 0 Å². The average molecular weight is 355 g/mol. The predicted octanol–water partition coefficient (Wildman–Crippen LogP) is 3.22. The number of nitrogens with one attached hydrogen (secondary N) is 1. The lowest BCUT2D eigenvalue weighted by Gasteiger charge is -2.17. The molecule has 138 valence electrons. The molecule has 1 heterocycles. The Labute approximate surface area is 154 Å². The topological polar surface area (TPSA) is 55.3 Å². The smallest absolute Gasteiger partial charge is 0.203 e. The molecular formula is C20H25N3O3. The van der Waals surface area contributed by atoms with Crippen molar-refractivity contribution in [2.45, 2.75) is 12.5 Å². The van der Waals surface area contributed by atoms with E-state index in [1.165, 1.54) is 5.69 Å². The molecule has 6 heteroatoms. The Morgan fingerprint density at radius 1 is 0.962 bits per heavy atom. The summed E-state index contributed by atoms with van der Waals surface area (Å²) in [5, 5.41) is 4.53. The van der Waals surface area contributed by atoms with Crippen molar-refractivity contribution in [1.82, 2.24) is 5.43 Å². The highest BCUT2D eigenvalue weighted by molar-refractivity contribution is 6.02. The highest BCUT2D eigenvalue weighted by Gasteiger charge is 2.24. The Morgan fingerprint density at radius 2 is 1.58 bits per heavy atom. The van der Waals surface area contributed by atoms with Crippen molar-refractivity contribution in [3.8, 4) is 17.2 Å². The molecule has 0 saturated heterocycles. The molecular weight excluding hydrogens is 330 g/mol. The molecule has 1 atom stereocenters. The van der Waals surface area contributed by atoms with Crippen molar-refractivity contribution in [2.75, 3.05) is 40.3 Å². The summed E-state index contributed by atoms with van der Waals surface area (Å²) in [6.45, 7) is 0. The van der Waals surface area contributed by atoms with Crippen LogP contribution in [-0.2, 0) is 0 Å². The standard InChI is InChI=1S/C20H25N3O3/c1-23(2)15-8-6-13(7-9-15)16-12-17(22-21-16)14-10-18(24-3)20(26-5)19(11-14)25-4/h6-11,17,22H,12H2,1-5H3. The summed E-state index contributed by atoms with van der Waals surface area (Å²) < 4.78 is 16.3. The number of methoxy groups -OCH3 is 3. The molecule has 2 aromatic rings. The molecule has 2 aromatic carbocycles. The molecule has 1 aliphatic heterocycles. The van der Waals surface area contributed by atoms with Gasteiger partial charge < -0.3 is 24.5 Å². The molecule has 0 radical (unpaired) electrons. The van der Waals surface area contributed by atoms with Crippen LogP contribution in [0.2, 0.25) is 0 Å². The van der Waals surface area contributed by atoms with Gasteiger partial charge in [-0.25, -0.2) is 0 Å². The quantitative estimate of drug-likeness (QED) is 0.862. The number of hydrazone groups is 1. The van der Waals surface area contributed by atoms with E-state index in [1.807, 2.05) is 26.2 Å². The summed E-state index contributed by atoms with van der Waals surface area (Å²) in [6, 6.07) is 12.4. The zero-order valence-corrected chi connectivity index (χ0v) is 15.9. The van der Waals surface area contributed by atoms with E-state index in [-0.39, 0.29) is 6.04 Å². The molecule has 0 bridgehead atoms. The van der Waals surface area contributed by atoms with Crippen LogP contribution in [-0.4, -0.2) is 41.1 Å². The average Bonchev–Trinajstić information content (AvgIpc) is 3.17. The molecule has 1 aliphatic rings. The minimum atomic E-state index is 0.0623. The van der Waals surface area contributed by atoms with Crippen molar-refractivity contribution in [3.05, 3.63) is 47.5 Å². The first-order chi connectivity index (χ1) is 12.6. The van der Waals surface area contributed by atoms with Crippen LogP contribution >= 0.6 is 0 Å². The number of benzene rings is 2. The third-order valence-corrected chi connectivity index (χ3v) is 4.56. The van der Waals surface area contributed by atoms with Gasteiger partial charge in [0.25, 0.3) is 0 Å². The summed E-state index contributed by atoms with van der Waals surface area (Å²) in [6.07, 6.45) is 0.792. The molecule has 0 spiro atoms. The van der Waals surface area contributed by atoms with Gasteiger partial charge in [-0.05, 0) is 35.4 Å². The fraction of sp³-hybridized carbons (Fsp3) is 0.350. The van der Waals surface area contributed by atoms with Crippen molar-refractivity contribution in [3.63, 3.8) is 0 Å². The summed E-state index contributed by atoms with van der Waals surface area (Å²) in [5.74, 6) is 1.89. The number of anilines is 1. The summed E-state index contributed by atoms with van der Waals surface area (Å²) in [5.41, 5.74) is 7.60. The third kappa shape index (κ3) is 3.40. The number of hydrogen-bond acceptors (Lipinski definition) is 6. The van der Waals surface area contributed by atoms with Crippen LogP contribution < -0.4 is 24.5 Å². The maximum absolute atomic E-state index is 5.45. The minimum Gasteiger partial charge on any atom is -0.493 e. The van der Waals surface area contributed by atoms with Gasteiger partial charge in [-0.15, -0.1) is 0 Å². The van der Waals surface area contributed by atoms with E-state index in [2.05, 4.69) is 39.7 Å². The fourth-order valence-electron chi connectivity index (χ4n) is 3.07. The van der Waals surface area contributed by atoms with Gasteiger partial charge >= 0.3 is 0 Å². The molecule has 0 fully saturated rings. The lowest BCUT2D eigenvalue weighted by molar-refractivity contribution is 0.323. The summed E-state index contributed by atoms with van der Waals surface area (Å²) >= 11 is 0. The second-order valence-corrected chi connectivity index (χ2v) is 6.34. The molecule has 1 N–H and O–H groups in total. The molecule has 0 saturated carbocycles. The molecule has 3 rings (SSSR count). The van der Waals surface area contributed by atoms with Crippen LogP contribution in [0.4, 0.5) is 5.69 Å². The highest BCUT2D eigenvalue weighted by Crippen LogP contribution is 2.41. The van der Waals surface area contributed by atoms with Crippen LogP contribution in [0.15, 0.2) is 41.5 Å². The molecule has 1 unspecified atom stereocenters. The summed E-state index contributed by atoms with van der Waals surface area (Å²) in [7, 11) is 8.91. The Morgan fingerprint density at radius 3 is 2.08 bits per heavy atom. The molecule has 26 heavy (non-hydrogen) atoms. The van der Waals surface area contributed by atoms with Crippen LogP contribution in [0.5, 0.6) is 17.2 Å². The van der Waals surface area contributed by atoms with Gasteiger partial charge in [0.15, 0.2) is 11.5 Å². The van der Waals surface area contributed by atoms with Gasteiger partial charge in [0.2, 0.25) is 5.75 Å². The lowest BCUT2D eigenvalue weighted by atomic mass is 9.98. The van der Waals surface area contributed by atoms with Gasteiger partial charge in [0.1, 0.15) is 0 Å². The van der Waals surface area contributed by atoms with Gasteiger partial charge in [0.05, 0.1) is 33.1 Å². The van der Waals surface area contributed by atoms with Crippen molar-refractivity contribution in [1.29, 1.82) is 0 Å². The Bertz CT molecular complexity index is 775. The van der Waals surface area contributed by atoms with Gasteiger partial charge in [-0.1, -0.05) is 12.1 Å². The molecule has 0 aromatic heterocycles. The molecule has 6 nitrogen and oxygen atoms in total. The van der Waals surface area contributed by atoms with Crippen LogP contribution in [0.25, 0.3) is 0 Å². The van der Waals surface area contributed by atoms with Crippen molar-refractivity contribution in [2.24, 2.45) is 5.10 Å². The second-order valence-electron chi connectivity index (χ2n) is 6.34. The number of nitrogens with zero attached hydrogens (tertiary/aromatic N) is 2. The minimum absolute atomic E-state index is 0.0623. The van der Waals surface area contributed by atoms with Gasteiger partial charge in [0, 0.05) is 26.2 Å². The van der Waals surface area contributed by atoms with E-state index in [0.29, 0.717) is 17.2 Å². The monoisotopic (exact) mass is 355 g/mol. The zero-order chi connectivity index (χ0) is 18.7. The highest BCUT2D eigenvalue weighted by atomic mass is 16.5. The number of rotatable bonds is 6. The Hall–Kier alpha value is -2.89. The van der Waals surface area contributed by atoms with E-state index in [9.17, 15) is 0 Å². The maximum Gasteiger partial charge on any atom is 0.203 e. The van der Waals surface area contributed by atoms with E-state index in [1.54, 1.807) is 21.3 Å². The first-order valence-corrected chi connectivity index (χ1v) is 8.47. The zero-order valence-electron chi connectivity index (χ0n) is 15.9. The predicted molar refractivity (Wildman–Crippen MR) is 104 cm³/mol. The normalized spacial score (nSPS) is 15.9. The molecule has 0 amide bonds. The van der Waals surface area contributed by atoms with E-state index in [0.717, 1.165) is 23.3 Å². The molecule has 0 aliphatic carbocycles. The Balaban J connectivity index is 1.81. The second kappa shape index (κ2) is 7.56. The van der Waals surface area contributed by atoms with Gasteiger partial charge in [-0.2, -0.15) is 5.10 Å². The first-order valence-electron chi connectivity index (χ1n) is 8.47. The van der Waals surface area contributed by atoms with Crippen LogP contribution in [0.1, 0.15) is 23.6 Å². The van der Waals surface area contributed by atoms with E-state index >= 15 is 0 Å². The Kier molecular flexibility index (Phi) is 5.21. The van der Waals surface area contributed by atoms with E-state index in [4.69, 9.17) is 14.2 Å². The van der Waals surface area contributed by atoms with E-state index < -0.39 is 0 Å². The largest absolute Gasteiger partial charge is 0.493 e. The SMILES string of the molecule is COc1cc(C2CC(c3ccc(N(C)C)cc3)=NN2)cc(OC)c1OC. The van der Waals surface area contributed by atoms with Crippen LogP contribution in [0.3, 0.4) is 0 Å². The van der Waals surface area contributed by atoms with Crippen molar-refractivity contribution < 1.29 is 14.2 Å². The maximum atomic E-state index is 5.45. The summed E-state index contributed by atoms with van der Waals surface area (Å²) in [4.78, 5) is 2.08. The number of ether oxygens (including phenoxy) is 3.